The van der Waals surface area contributed by atoms with E-state index in [1.807, 2.05) is 6.92 Å². The van der Waals surface area contributed by atoms with Crippen LogP contribution in [0.3, 0.4) is 0 Å². The third-order valence-corrected chi connectivity index (χ3v) is 9.66. The molecule has 0 N–H and O–H groups in total. The number of carbonyl (C=O) groups excluding carboxylic acids is 2. The van der Waals surface area contributed by atoms with Gasteiger partial charge in [0.1, 0.15) is 0 Å². The van der Waals surface area contributed by atoms with Gasteiger partial charge in [-0.25, -0.2) is 18.1 Å². The fraction of sp³-hybridized carbons (Fsp3) is 0.636. The summed E-state index contributed by atoms with van der Waals surface area (Å²) >= 11 is 0. The van der Waals surface area contributed by atoms with Crippen molar-refractivity contribution in [2.75, 3.05) is 14.2 Å². The van der Waals surface area contributed by atoms with Gasteiger partial charge in [-0.05, 0) is 56.1 Å². The highest BCUT2D eigenvalue weighted by Gasteiger charge is 2.67. The highest BCUT2D eigenvalue weighted by Crippen LogP contribution is 2.66. The molecule has 1 aliphatic heterocycles. The number of rotatable bonds is 5. The molecule has 4 rings (SSSR count). The van der Waals surface area contributed by atoms with E-state index in [0.29, 0.717) is 23.1 Å². The summed E-state index contributed by atoms with van der Waals surface area (Å²) < 4.78 is 38.3. The van der Waals surface area contributed by atoms with Crippen molar-refractivity contribution < 1.29 is 27.5 Å². The average Bonchev–Trinajstić information content (AvgIpc) is 3.28. The lowest BCUT2D eigenvalue weighted by atomic mass is 9.68. The molecular weight excluding hydrogens is 420 g/mol. The van der Waals surface area contributed by atoms with Gasteiger partial charge in [-0.2, -0.15) is 4.31 Å². The third kappa shape index (κ3) is 2.89. The van der Waals surface area contributed by atoms with Crippen molar-refractivity contribution in [1.82, 2.24) is 9.21 Å². The first-order valence-electron chi connectivity index (χ1n) is 10.6. The molecule has 0 aromatic heterocycles. The van der Waals surface area contributed by atoms with Gasteiger partial charge in [0.05, 0.1) is 10.3 Å². The lowest BCUT2D eigenvalue weighted by Crippen LogP contribution is -2.52. The summed E-state index contributed by atoms with van der Waals surface area (Å²) in [5, 5.41) is 0. The molecule has 9 heteroatoms. The van der Waals surface area contributed by atoms with Crippen LogP contribution in [0.1, 0.15) is 45.1 Å². The Morgan fingerprint density at radius 2 is 1.58 bits per heavy atom. The number of benzene rings is 1. The van der Waals surface area contributed by atoms with Gasteiger partial charge in [0.25, 0.3) is 10.0 Å². The van der Waals surface area contributed by atoms with Crippen LogP contribution in [0, 0.1) is 23.7 Å². The van der Waals surface area contributed by atoms with Crippen LogP contribution < -0.4 is 0 Å². The first-order chi connectivity index (χ1) is 14.5. The summed E-state index contributed by atoms with van der Waals surface area (Å²) in [7, 11) is -1.61. The zero-order valence-electron chi connectivity index (χ0n) is 18.6. The van der Waals surface area contributed by atoms with E-state index < -0.39 is 33.9 Å². The predicted molar refractivity (Wildman–Crippen MR) is 112 cm³/mol. The molecule has 3 fully saturated rings. The largest absolute Gasteiger partial charge is 0.356 e. The van der Waals surface area contributed by atoms with Crippen molar-refractivity contribution in [2.24, 2.45) is 16.7 Å². The van der Waals surface area contributed by atoms with Crippen LogP contribution in [0.15, 0.2) is 29.2 Å². The minimum absolute atomic E-state index is 0.0436. The number of ether oxygens (including phenoxy) is 2. The Labute approximate surface area is 183 Å². The van der Waals surface area contributed by atoms with Crippen LogP contribution in [0.25, 0.3) is 0 Å². The maximum Gasteiger partial charge on any atom is 0.345 e. The van der Waals surface area contributed by atoms with Gasteiger partial charge >= 0.3 is 6.03 Å². The lowest BCUT2D eigenvalue weighted by molar-refractivity contribution is -0.158. The van der Waals surface area contributed by atoms with Gasteiger partial charge in [-0.1, -0.05) is 31.5 Å². The number of nitrogens with zero attached hydrogens (tertiary/aromatic N) is 2. The number of methoxy groups -OCH3 is 2. The topological polar surface area (TPSA) is 93.2 Å². The average molecular weight is 451 g/mol. The van der Waals surface area contributed by atoms with Crippen LogP contribution in [-0.4, -0.2) is 56.2 Å². The lowest BCUT2D eigenvalue weighted by Gasteiger charge is -2.39. The number of sulfonamides is 1. The minimum Gasteiger partial charge on any atom is -0.356 e. The molecule has 0 unspecified atom stereocenters. The zero-order chi connectivity index (χ0) is 22.8. The number of hydrogen-bond donors (Lipinski definition) is 0. The highest BCUT2D eigenvalue weighted by molar-refractivity contribution is 7.89. The van der Waals surface area contributed by atoms with Gasteiger partial charge < -0.3 is 9.47 Å². The summed E-state index contributed by atoms with van der Waals surface area (Å²) in [4.78, 5) is 28.3. The van der Waals surface area contributed by atoms with Gasteiger partial charge in [0.15, 0.2) is 12.5 Å². The van der Waals surface area contributed by atoms with Gasteiger partial charge in [-0.15, -0.1) is 0 Å². The molecule has 31 heavy (non-hydrogen) atoms. The minimum atomic E-state index is -4.26. The predicted octanol–water partition coefficient (Wildman–Crippen LogP) is 3.11. The van der Waals surface area contributed by atoms with Crippen molar-refractivity contribution in [3.05, 3.63) is 29.8 Å². The quantitative estimate of drug-likeness (QED) is 0.684. The smallest absolute Gasteiger partial charge is 0.345 e. The van der Waals surface area contributed by atoms with E-state index in [9.17, 15) is 18.0 Å². The summed E-state index contributed by atoms with van der Waals surface area (Å²) in [5.41, 5.74) is -0.0829. The molecule has 8 nitrogen and oxygen atoms in total. The van der Waals surface area contributed by atoms with E-state index in [4.69, 9.17) is 9.47 Å². The number of urea groups is 1. The number of amides is 3. The fourth-order valence-electron chi connectivity index (χ4n) is 5.85. The number of carbonyl (C=O) groups is 2. The summed E-state index contributed by atoms with van der Waals surface area (Å²) in [6, 6.07) is 5.27. The van der Waals surface area contributed by atoms with Crippen molar-refractivity contribution in [2.45, 2.75) is 63.8 Å². The molecule has 2 aliphatic carbocycles. The van der Waals surface area contributed by atoms with Crippen LogP contribution in [-0.2, 0) is 24.3 Å². The molecule has 3 aliphatic rings. The first-order valence-corrected chi connectivity index (χ1v) is 12.0. The third-order valence-electron chi connectivity index (χ3n) is 7.91. The molecule has 170 valence electrons. The summed E-state index contributed by atoms with van der Waals surface area (Å²) in [5.74, 6) is 0.0544. The molecule has 1 heterocycles. The van der Waals surface area contributed by atoms with Gasteiger partial charge in [-0.3, -0.25) is 4.79 Å². The van der Waals surface area contributed by atoms with E-state index in [-0.39, 0.29) is 16.2 Å². The molecule has 3 amide bonds. The van der Waals surface area contributed by atoms with E-state index in [1.54, 1.807) is 12.1 Å². The molecule has 1 aromatic rings. The number of hydrogen-bond acceptors (Lipinski definition) is 6. The second-order valence-electron chi connectivity index (χ2n) is 9.40. The molecular formula is C22H30N2O6S. The highest BCUT2D eigenvalue weighted by atomic mass is 32.2. The maximum atomic E-state index is 13.9. The van der Waals surface area contributed by atoms with Crippen LogP contribution in [0.2, 0.25) is 0 Å². The molecule has 1 saturated heterocycles. The molecule has 2 saturated carbocycles. The van der Waals surface area contributed by atoms with Crippen molar-refractivity contribution >= 4 is 22.0 Å². The standard InChI is InChI=1S/C22H30N2O6S/c1-14-6-8-16(9-7-14)31(27,28)24-18(30-5)17(29-4)23(20(24)26)19(25)22-12-10-15(11-13-22)21(22,2)3/h6-9,15,17-18H,10-13H2,1-5H3/t15?,17-,18-,22?/m0/s1. The van der Waals surface area contributed by atoms with Gasteiger partial charge in [0, 0.05) is 14.2 Å². The van der Waals surface area contributed by atoms with Crippen molar-refractivity contribution in [1.29, 1.82) is 0 Å². The van der Waals surface area contributed by atoms with Crippen molar-refractivity contribution in [3.63, 3.8) is 0 Å². The van der Waals surface area contributed by atoms with Crippen LogP contribution in [0.5, 0.6) is 0 Å². The molecule has 2 atom stereocenters. The summed E-state index contributed by atoms with van der Waals surface area (Å²) in [6.07, 6.45) is 0.800. The molecule has 0 spiro atoms. The van der Waals surface area contributed by atoms with E-state index >= 15 is 0 Å². The number of imide groups is 1. The second kappa shape index (κ2) is 7.28. The fourth-order valence-corrected chi connectivity index (χ4v) is 7.32. The van der Waals surface area contributed by atoms with Gasteiger partial charge in [0.2, 0.25) is 5.91 Å². The van der Waals surface area contributed by atoms with E-state index in [2.05, 4.69) is 13.8 Å². The van der Waals surface area contributed by atoms with E-state index in [0.717, 1.165) is 23.3 Å². The zero-order valence-corrected chi connectivity index (χ0v) is 19.4. The van der Waals surface area contributed by atoms with E-state index in [1.165, 1.54) is 26.4 Å². The second-order valence-corrected chi connectivity index (χ2v) is 11.2. The molecule has 0 radical (unpaired) electrons. The number of aryl methyl sites for hydroxylation is 1. The van der Waals surface area contributed by atoms with Crippen LogP contribution in [0.4, 0.5) is 4.79 Å². The monoisotopic (exact) mass is 450 g/mol. The normalized spacial score (nSPS) is 32.2. The van der Waals surface area contributed by atoms with Crippen LogP contribution >= 0.6 is 0 Å². The molecule has 1 aromatic carbocycles. The number of fused-ring (bicyclic) bond motifs is 2. The Morgan fingerprint density at radius 1 is 1.03 bits per heavy atom. The Balaban J connectivity index is 1.76. The SMILES string of the molecule is CO[C@H]1[C@H](OC)N(S(=O)(=O)c2ccc(C)cc2)C(=O)N1C(=O)C12CCC(CC1)C2(C)C. The first kappa shape index (κ1) is 22.2. The Hall–Kier alpha value is -1.97. The Bertz CT molecular complexity index is 995. The maximum absolute atomic E-state index is 13.9. The summed E-state index contributed by atoms with van der Waals surface area (Å²) in [6.45, 7) is 5.99. The molecule has 2 bridgehead atoms. The van der Waals surface area contributed by atoms with Crippen molar-refractivity contribution in [3.8, 4) is 0 Å². The Kier molecular flexibility index (Phi) is 5.22. The Morgan fingerprint density at radius 3 is 2.03 bits per heavy atom.